The fraction of sp³-hybridized carbons (Fsp3) is 0.100. The third-order valence-electron chi connectivity index (χ3n) is 4.30. The number of benzene rings is 2. The summed E-state index contributed by atoms with van der Waals surface area (Å²) in [5.41, 5.74) is 7.15. The monoisotopic (exact) mass is 415 g/mol. The van der Waals surface area contributed by atoms with Crippen molar-refractivity contribution in [2.45, 2.75) is 12.3 Å². The molecule has 113 valence electrons. The molecule has 0 nitrogen and oxygen atoms in total. The summed E-state index contributed by atoms with van der Waals surface area (Å²) in [5, 5.41) is 0. The van der Waals surface area contributed by atoms with Crippen molar-refractivity contribution in [3.63, 3.8) is 0 Å². The van der Waals surface area contributed by atoms with E-state index in [1.54, 1.807) is 3.28 Å². The van der Waals surface area contributed by atoms with Gasteiger partial charge in [-0.2, -0.15) is 0 Å². The Hall–Kier alpha value is -0.877. The first-order valence-corrected chi connectivity index (χ1v) is 8.54. The van der Waals surface area contributed by atoms with Gasteiger partial charge in [0.15, 0.2) is 0 Å². The van der Waals surface area contributed by atoms with Crippen molar-refractivity contribution in [3.05, 3.63) is 97.9 Å². The third-order valence-corrected chi connectivity index (χ3v) is 5.47. The van der Waals surface area contributed by atoms with Gasteiger partial charge in [-0.15, -0.1) is 0 Å². The molecule has 0 aliphatic heterocycles. The molecule has 0 radical (unpaired) electrons. The molecule has 1 atom stereocenters. The van der Waals surface area contributed by atoms with Crippen molar-refractivity contribution in [1.82, 2.24) is 0 Å². The molecule has 2 aromatic rings. The SMILES string of the molecule is [Cl-].[Cl-].[Zr+2][C]1=C(C2=Cc3ccccc3C2c2ccccc2)C=CC1. The van der Waals surface area contributed by atoms with Crippen molar-refractivity contribution in [2.24, 2.45) is 0 Å². The Morgan fingerprint density at radius 2 is 1.57 bits per heavy atom. The molecule has 1 unspecified atom stereocenters. The van der Waals surface area contributed by atoms with Crippen LogP contribution in [0.2, 0.25) is 0 Å². The second kappa shape index (κ2) is 7.80. The second-order valence-electron chi connectivity index (χ2n) is 5.57. The van der Waals surface area contributed by atoms with Crippen LogP contribution in [-0.2, 0) is 24.7 Å². The number of hydrogen-bond acceptors (Lipinski definition) is 0. The van der Waals surface area contributed by atoms with Gasteiger partial charge in [-0.1, -0.05) is 0 Å². The topological polar surface area (TPSA) is 0 Å². The first kappa shape index (κ1) is 18.5. The van der Waals surface area contributed by atoms with Crippen LogP contribution >= 0.6 is 0 Å². The van der Waals surface area contributed by atoms with Gasteiger partial charge in [0.2, 0.25) is 0 Å². The maximum absolute atomic E-state index is 2.39. The molecule has 0 fully saturated rings. The summed E-state index contributed by atoms with van der Waals surface area (Å²) in [6.07, 6.45) is 8.13. The zero-order chi connectivity index (χ0) is 14.2. The molecule has 2 aliphatic carbocycles. The van der Waals surface area contributed by atoms with Crippen LogP contribution in [0.4, 0.5) is 0 Å². The van der Waals surface area contributed by atoms with Crippen LogP contribution in [0.15, 0.2) is 81.2 Å². The molecule has 3 heteroatoms. The van der Waals surface area contributed by atoms with Gasteiger partial charge in [-0.25, -0.2) is 0 Å². The molecule has 23 heavy (non-hydrogen) atoms. The number of rotatable bonds is 2. The molecular weight excluding hydrogens is 402 g/mol. The van der Waals surface area contributed by atoms with Gasteiger partial charge >= 0.3 is 141 Å². The first-order valence-electron chi connectivity index (χ1n) is 7.32. The minimum atomic E-state index is 0. The number of fused-ring (bicyclic) bond motifs is 1. The van der Waals surface area contributed by atoms with Gasteiger partial charge in [0.25, 0.3) is 0 Å². The third kappa shape index (κ3) is 3.34. The fourth-order valence-corrected chi connectivity index (χ4v) is 4.19. The first-order chi connectivity index (χ1) is 10.3. The van der Waals surface area contributed by atoms with Gasteiger partial charge in [0.1, 0.15) is 0 Å². The van der Waals surface area contributed by atoms with E-state index in [0.29, 0.717) is 5.92 Å². The number of allylic oxidation sites excluding steroid dienone is 5. The average Bonchev–Trinajstić information content (AvgIpc) is 3.11. The Morgan fingerprint density at radius 3 is 2.26 bits per heavy atom. The van der Waals surface area contributed by atoms with Gasteiger partial charge in [0.05, 0.1) is 0 Å². The van der Waals surface area contributed by atoms with E-state index in [2.05, 4.69) is 72.8 Å². The normalized spacial score (nSPS) is 18.2. The Bertz CT molecular complexity index is 788. The van der Waals surface area contributed by atoms with Crippen LogP contribution in [0.1, 0.15) is 29.0 Å². The number of hydrogen-bond donors (Lipinski definition) is 0. The summed E-state index contributed by atoms with van der Waals surface area (Å²) in [6, 6.07) is 19.7. The van der Waals surface area contributed by atoms with Gasteiger partial charge < -0.3 is 24.8 Å². The molecule has 0 saturated carbocycles. The quantitative estimate of drug-likeness (QED) is 0.587. The van der Waals surface area contributed by atoms with E-state index < -0.39 is 0 Å². The molecular formula is C20H15Cl2Zr. The van der Waals surface area contributed by atoms with Crippen LogP contribution in [0.3, 0.4) is 0 Å². The second-order valence-corrected chi connectivity index (χ2v) is 7.05. The summed E-state index contributed by atoms with van der Waals surface area (Å²) in [4.78, 5) is 0. The fourth-order valence-electron chi connectivity index (χ4n) is 3.34. The van der Waals surface area contributed by atoms with Gasteiger partial charge in [-0.05, 0) is 0 Å². The summed E-state index contributed by atoms with van der Waals surface area (Å²) in [7, 11) is 0. The van der Waals surface area contributed by atoms with Crippen LogP contribution < -0.4 is 24.8 Å². The zero-order valence-electron chi connectivity index (χ0n) is 12.5. The van der Waals surface area contributed by atoms with Crippen molar-refractivity contribution in [1.29, 1.82) is 0 Å². The Balaban J connectivity index is 0.000000960. The molecule has 0 heterocycles. The van der Waals surface area contributed by atoms with E-state index in [-0.39, 0.29) is 24.8 Å². The van der Waals surface area contributed by atoms with E-state index in [4.69, 9.17) is 0 Å². The summed E-state index contributed by atoms with van der Waals surface area (Å²) >= 11 is 1.54. The van der Waals surface area contributed by atoms with Crippen molar-refractivity contribution >= 4 is 6.08 Å². The van der Waals surface area contributed by atoms with Gasteiger partial charge in [0, 0.05) is 0 Å². The van der Waals surface area contributed by atoms with E-state index in [0.717, 1.165) is 6.42 Å². The molecule has 0 N–H and O–H groups in total. The Labute approximate surface area is 165 Å². The predicted molar refractivity (Wildman–Crippen MR) is 83.5 cm³/mol. The van der Waals surface area contributed by atoms with E-state index in [1.807, 2.05) is 0 Å². The Kier molecular flexibility index (Phi) is 6.26. The summed E-state index contributed by atoms with van der Waals surface area (Å²) < 4.78 is 1.57. The zero-order valence-corrected chi connectivity index (χ0v) is 16.4. The van der Waals surface area contributed by atoms with Crippen molar-refractivity contribution < 1.29 is 49.5 Å². The predicted octanol–water partition coefficient (Wildman–Crippen LogP) is -1.02. The average molecular weight is 417 g/mol. The minimum absolute atomic E-state index is 0. The maximum atomic E-state index is 2.39. The van der Waals surface area contributed by atoms with E-state index in [1.165, 1.54) is 52.6 Å². The standard InChI is InChI=1S/C20H15.2ClH.Zr/c1-2-10-16(11-3-1)20-18-13-7-6-12-17(18)14-19(20)15-8-4-5-9-15;;;/h1-4,6-8,10-14,20H,5H2;2*1H;/q;;;+2/p-2. The summed E-state index contributed by atoms with van der Waals surface area (Å²) in [5.74, 6) is 0.385. The van der Waals surface area contributed by atoms with E-state index >= 15 is 0 Å². The van der Waals surface area contributed by atoms with Crippen LogP contribution in [0.5, 0.6) is 0 Å². The molecule has 0 aromatic heterocycles. The molecule has 0 spiro atoms. The Morgan fingerprint density at radius 1 is 0.870 bits per heavy atom. The van der Waals surface area contributed by atoms with E-state index in [9.17, 15) is 0 Å². The van der Waals surface area contributed by atoms with Crippen LogP contribution in [0, 0.1) is 0 Å². The van der Waals surface area contributed by atoms with Crippen LogP contribution in [0.25, 0.3) is 6.08 Å². The molecule has 0 bridgehead atoms. The summed E-state index contributed by atoms with van der Waals surface area (Å²) in [6.45, 7) is 0. The molecule has 2 aromatic carbocycles. The molecule has 0 saturated heterocycles. The van der Waals surface area contributed by atoms with Crippen LogP contribution in [-0.4, -0.2) is 0 Å². The molecule has 4 rings (SSSR count). The molecule has 2 aliphatic rings. The van der Waals surface area contributed by atoms with Crippen molar-refractivity contribution in [2.75, 3.05) is 0 Å². The van der Waals surface area contributed by atoms with Gasteiger partial charge in [-0.3, -0.25) is 0 Å². The molecule has 0 amide bonds. The number of halogens is 2. The van der Waals surface area contributed by atoms with Crippen molar-refractivity contribution in [3.8, 4) is 0 Å².